The van der Waals surface area contributed by atoms with Gasteiger partial charge in [-0.25, -0.2) is 8.42 Å². The largest absolute Gasteiger partial charge is 0.497 e. The standard InChI is InChI=1S/C26H22N2O5S/c1-32-19-13-15-20(16-14-19)34(30,31)28-17-25(33-24-12-5-4-11-23(24)28)26(29)27-22-10-6-8-18-7-2-3-9-21(18)22/h2-16,25H,17H2,1H3,(H,27,29)/t25-/m0/s1. The van der Waals surface area contributed by atoms with E-state index < -0.39 is 22.0 Å². The van der Waals surface area contributed by atoms with Crippen LogP contribution in [0.3, 0.4) is 0 Å². The number of nitrogens with one attached hydrogen (secondary N) is 1. The molecule has 1 atom stereocenters. The number of fused-ring (bicyclic) bond motifs is 2. The second-order valence-corrected chi connectivity index (χ2v) is 9.66. The minimum absolute atomic E-state index is 0.0956. The van der Waals surface area contributed by atoms with Crippen LogP contribution in [-0.2, 0) is 14.8 Å². The average Bonchev–Trinajstić information content (AvgIpc) is 2.88. The fourth-order valence-corrected chi connectivity index (χ4v) is 5.46. The Bertz CT molecular complexity index is 1460. The van der Waals surface area contributed by atoms with Gasteiger partial charge in [-0.15, -0.1) is 0 Å². The van der Waals surface area contributed by atoms with Crippen LogP contribution in [0.25, 0.3) is 10.8 Å². The molecular weight excluding hydrogens is 452 g/mol. The van der Waals surface area contributed by atoms with Crippen LogP contribution in [0.15, 0.2) is 95.9 Å². The molecule has 1 heterocycles. The van der Waals surface area contributed by atoms with Crippen molar-refractivity contribution in [3.63, 3.8) is 0 Å². The fourth-order valence-electron chi connectivity index (χ4n) is 3.99. The van der Waals surface area contributed by atoms with Crippen molar-refractivity contribution >= 4 is 38.1 Å². The monoisotopic (exact) mass is 474 g/mol. The molecule has 4 aromatic rings. The maximum atomic E-state index is 13.5. The Balaban J connectivity index is 1.48. The molecule has 0 spiro atoms. The highest BCUT2D eigenvalue weighted by Crippen LogP contribution is 2.37. The number of nitrogens with zero attached hydrogens (tertiary/aromatic N) is 1. The first-order valence-electron chi connectivity index (χ1n) is 10.7. The van der Waals surface area contributed by atoms with E-state index in [0.29, 0.717) is 22.9 Å². The second-order valence-electron chi connectivity index (χ2n) is 7.80. The minimum atomic E-state index is -3.96. The zero-order chi connectivity index (χ0) is 23.7. The normalized spacial score (nSPS) is 15.3. The molecule has 172 valence electrons. The van der Waals surface area contributed by atoms with Crippen molar-refractivity contribution in [2.75, 3.05) is 23.3 Å². The number of anilines is 2. The molecule has 0 aromatic heterocycles. The molecule has 8 heteroatoms. The number of sulfonamides is 1. The number of carbonyl (C=O) groups is 1. The molecule has 5 rings (SSSR count). The summed E-state index contributed by atoms with van der Waals surface area (Å²) in [6.45, 7) is -0.165. The highest BCUT2D eigenvalue weighted by molar-refractivity contribution is 7.92. The first-order valence-corrected chi connectivity index (χ1v) is 12.1. The summed E-state index contributed by atoms with van der Waals surface area (Å²) in [6.07, 6.45) is -1.04. The number of methoxy groups -OCH3 is 1. The van der Waals surface area contributed by atoms with E-state index in [-0.39, 0.29) is 11.4 Å². The number of hydrogen-bond donors (Lipinski definition) is 1. The van der Waals surface area contributed by atoms with Gasteiger partial charge in [-0.1, -0.05) is 48.5 Å². The average molecular weight is 475 g/mol. The lowest BCUT2D eigenvalue weighted by atomic mass is 10.1. The Morgan fingerprint density at radius 1 is 0.941 bits per heavy atom. The van der Waals surface area contributed by atoms with Gasteiger partial charge in [0.25, 0.3) is 15.9 Å². The SMILES string of the molecule is COc1ccc(S(=O)(=O)N2C[C@@H](C(=O)Nc3cccc4ccccc34)Oc3ccccc32)cc1. The summed E-state index contributed by atoms with van der Waals surface area (Å²) < 4.78 is 39.4. The Morgan fingerprint density at radius 2 is 1.65 bits per heavy atom. The smallest absolute Gasteiger partial charge is 0.267 e. The topological polar surface area (TPSA) is 84.9 Å². The van der Waals surface area contributed by atoms with Crippen LogP contribution in [0.4, 0.5) is 11.4 Å². The summed E-state index contributed by atoms with van der Waals surface area (Å²) in [6, 6.07) is 26.3. The van der Waals surface area contributed by atoms with Gasteiger partial charge in [0.1, 0.15) is 11.5 Å². The Labute approximate surface area is 197 Å². The Morgan fingerprint density at radius 3 is 2.44 bits per heavy atom. The van der Waals surface area contributed by atoms with E-state index in [4.69, 9.17) is 9.47 Å². The number of carbonyl (C=O) groups excluding carboxylic acids is 1. The first kappa shape index (κ1) is 21.8. The van der Waals surface area contributed by atoms with E-state index in [9.17, 15) is 13.2 Å². The van der Waals surface area contributed by atoms with Gasteiger partial charge in [-0.3, -0.25) is 9.10 Å². The third-order valence-electron chi connectivity index (χ3n) is 5.72. The van der Waals surface area contributed by atoms with Crippen molar-refractivity contribution < 1.29 is 22.7 Å². The second kappa shape index (κ2) is 8.72. The molecule has 34 heavy (non-hydrogen) atoms. The predicted molar refractivity (Wildman–Crippen MR) is 131 cm³/mol. The molecule has 0 fully saturated rings. The van der Waals surface area contributed by atoms with Gasteiger partial charge >= 0.3 is 0 Å². The Kier molecular flexibility index (Phi) is 5.59. The van der Waals surface area contributed by atoms with Gasteiger partial charge in [0, 0.05) is 11.1 Å². The number of hydrogen-bond acceptors (Lipinski definition) is 5. The highest BCUT2D eigenvalue weighted by Gasteiger charge is 2.37. The zero-order valence-electron chi connectivity index (χ0n) is 18.3. The van der Waals surface area contributed by atoms with Crippen molar-refractivity contribution in [2.45, 2.75) is 11.0 Å². The third-order valence-corrected chi connectivity index (χ3v) is 7.52. The van der Waals surface area contributed by atoms with Crippen LogP contribution in [0, 0.1) is 0 Å². The summed E-state index contributed by atoms with van der Waals surface area (Å²) in [5, 5.41) is 4.78. The Hall–Kier alpha value is -4.04. The van der Waals surface area contributed by atoms with Crippen molar-refractivity contribution in [3.05, 3.63) is 91.0 Å². The third kappa shape index (κ3) is 3.92. The molecule has 0 aliphatic carbocycles. The first-order chi connectivity index (χ1) is 16.5. The number of ether oxygens (including phenoxy) is 2. The number of rotatable bonds is 5. The van der Waals surface area contributed by atoms with Crippen LogP contribution < -0.4 is 19.1 Å². The van der Waals surface area contributed by atoms with Crippen molar-refractivity contribution in [2.24, 2.45) is 0 Å². The molecule has 0 radical (unpaired) electrons. The van der Waals surface area contributed by atoms with Gasteiger partial charge in [-0.2, -0.15) is 0 Å². The summed E-state index contributed by atoms with van der Waals surface area (Å²) in [4.78, 5) is 13.3. The van der Waals surface area contributed by atoms with E-state index in [2.05, 4.69) is 5.32 Å². The van der Waals surface area contributed by atoms with E-state index in [1.807, 2.05) is 42.5 Å². The van der Waals surface area contributed by atoms with Gasteiger partial charge in [0.15, 0.2) is 6.10 Å². The number of benzene rings is 4. The van der Waals surface area contributed by atoms with Gasteiger partial charge in [0.05, 0.1) is 24.2 Å². The van der Waals surface area contributed by atoms with Gasteiger partial charge < -0.3 is 14.8 Å². The lowest BCUT2D eigenvalue weighted by molar-refractivity contribution is -0.122. The number of para-hydroxylation sites is 2. The molecule has 1 aliphatic heterocycles. The molecule has 1 N–H and O–H groups in total. The molecule has 1 amide bonds. The molecular formula is C26H22N2O5S. The minimum Gasteiger partial charge on any atom is -0.497 e. The molecule has 0 unspecified atom stereocenters. The van der Waals surface area contributed by atoms with Gasteiger partial charge in [-0.05, 0) is 47.9 Å². The predicted octanol–water partition coefficient (Wildman–Crippen LogP) is 4.44. The van der Waals surface area contributed by atoms with Crippen molar-refractivity contribution in [1.29, 1.82) is 0 Å². The lowest BCUT2D eigenvalue weighted by Gasteiger charge is -2.34. The van der Waals surface area contributed by atoms with Crippen molar-refractivity contribution in [1.82, 2.24) is 0 Å². The van der Waals surface area contributed by atoms with Crippen LogP contribution >= 0.6 is 0 Å². The quantitative estimate of drug-likeness (QED) is 0.462. The van der Waals surface area contributed by atoms with Crippen molar-refractivity contribution in [3.8, 4) is 11.5 Å². The van der Waals surface area contributed by atoms with E-state index in [1.165, 1.54) is 23.5 Å². The van der Waals surface area contributed by atoms with Gasteiger partial charge in [0.2, 0.25) is 0 Å². The maximum Gasteiger partial charge on any atom is 0.267 e. The zero-order valence-corrected chi connectivity index (χ0v) is 19.2. The van der Waals surface area contributed by atoms with E-state index >= 15 is 0 Å². The van der Waals surface area contributed by atoms with Crippen LogP contribution in [0.1, 0.15) is 0 Å². The summed E-state index contributed by atoms with van der Waals surface area (Å²) in [5.74, 6) is 0.443. The van der Waals surface area contributed by atoms with Crippen LogP contribution in [-0.4, -0.2) is 34.1 Å². The molecule has 7 nitrogen and oxygen atoms in total. The van der Waals surface area contributed by atoms with E-state index in [1.54, 1.807) is 36.4 Å². The van der Waals surface area contributed by atoms with Crippen LogP contribution in [0.2, 0.25) is 0 Å². The molecule has 0 bridgehead atoms. The maximum absolute atomic E-state index is 13.5. The molecule has 4 aromatic carbocycles. The molecule has 1 aliphatic rings. The fraction of sp³-hybridized carbons (Fsp3) is 0.115. The number of amides is 1. The molecule has 0 saturated heterocycles. The van der Waals surface area contributed by atoms with E-state index in [0.717, 1.165) is 10.8 Å². The summed E-state index contributed by atoms with van der Waals surface area (Å²) >= 11 is 0. The molecule has 0 saturated carbocycles. The lowest BCUT2D eigenvalue weighted by Crippen LogP contribution is -2.48. The highest BCUT2D eigenvalue weighted by atomic mass is 32.2. The summed E-state index contributed by atoms with van der Waals surface area (Å²) in [7, 11) is -2.44. The van der Waals surface area contributed by atoms with Crippen LogP contribution in [0.5, 0.6) is 11.5 Å². The summed E-state index contributed by atoms with van der Waals surface area (Å²) in [5.41, 5.74) is 1.02.